The first-order valence-corrected chi connectivity index (χ1v) is 9.84. The predicted octanol–water partition coefficient (Wildman–Crippen LogP) is 2.40. The molecule has 4 rings (SSSR count). The minimum atomic E-state index is 0.0443. The van der Waals surface area contributed by atoms with Crippen molar-refractivity contribution in [1.29, 1.82) is 0 Å². The summed E-state index contributed by atoms with van der Waals surface area (Å²) >= 11 is 0. The molecule has 1 fully saturated rings. The molecule has 0 radical (unpaired) electrons. The first-order chi connectivity index (χ1) is 13.3. The molecule has 2 aromatic rings. The monoisotopic (exact) mass is 369 g/mol. The van der Waals surface area contributed by atoms with Crippen LogP contribution in [0.15, 0.2) is 36.4 Å². The Morgan fingerprint density at radius 1 is 1.22 bits per heavy atom. The maximum absolute atomic E-state index is 12.5. The molecule has 0 N–H and O–H groups in total. The standard InChI is InChI=1S/C21H27N3O3/c25-21(16-26-15-20-8-4-5-11-27-20)23-9-10-24-19(14-23)13-18(22-24)12-17-6-2-1-3-7-17/h1-3,6-7,13,20H,4-5,8-12,14-16H2/t20-/m0/s1. The van der Waals surface area contributed by atoms with Gasteiger partial charge in [-0.15, -0.1) is 0 Å². The summed E-state index contributed by atoms with van der Waals surface area (Å²) in [5, 5.41) is 4.69. The van der Waals surface area contributed by atoms with Gasteiger partial charge in [-0.2, -0.15) is 5.10 Å². The molecule has 3 heterocycles. The molecular weight excluding hydrogens is 342 g/mol. The summed E-state index contributed by atoms with van der Waals surface area (Å²) in [7, 11) is 0. The van der Waals surface area contributed by atoms with Crippen LogP contribution in [0.1, 0.15) is 36.2 Å². The van der Waals surface area contributed by atoms with Crippen LogP contribution in [0.2, 0.25) is 0 Å². The lowest BCUT2D eigenvalue weighted by Crippen LogP contribution is -2.40. The van der Waals surface area contributed by atoms with Crippen LogP contribution >= 0.6 is 0 Å². The molecule has 1 amide bonds. The summed E-state index contributed by atoms with van der Waals surface area (Å²) in [6, 6.07) is 12.5. The first kappa shape index (κ1) is 18.2. The van der Waals surface area contributed by atoms with Crippen LogP contribution < -0.4 is 0 Å². The molecule has 0 bridgehead atoms. The van der Waals surface area contributed by atoms with E-state index in [9.17, 15) is 4.79 Å². The Kier molecular flexibility index (Phi) is 5.84. The van der Waals surface area contributed by atoms with E-state index in [0.29, 0.717) is 19.7 Å². The van der Waals surface area contributed by atoms with Gasteiger partial charge in [0.1, 0.15) is 6.61 Å². The number of amides is 1. The van der Waals surface area contributed by atoms with E-state index in [1.54, 1.807) is 0 Å². The van der Waals surface area contributed by atoms with E-state index < -0.39 is 0 Å². The van der Waals surface area contributed by atoms with Gasteiger partial charge in [0.2, 0.25) is 5.91 Å². The number of hydrogen-bond acceptors (Lipinski definition) is 4. The van der Waals surface area contributed by atoms with Gasteiger partial charge in [-0.25, -0.2) is 0 Å². The molecule has 144 valence electrons. The predicted molar refractivity (Wildman–Crippen MR) is 101 cm³/mol. The van der Waals surface area contributed by atoms with Crippen molar-refractivity contribution in [3.63, 3.8) is 0 Å². The lowest BCUT2D eigenvalue weighted by atomic mass is 10.1. The maximum atomic E-state index is 12.5. The Morgan fingerprint density at radius 3 is 2.93 bits per heavy atom. The second-order valence-electron chi connectivity index (χ2n) is 7.33. The van der Waals surface area contributed by atoms with Gasteiger partial charge in [0.25, 0.3) is 0 Å². The minimum Gasteiger partial charge on any atom is -0.376 e. The van der Waals surface area contributed by atoms with E-state index in [1.807, 2.05) is 27.8 Å². The van der Waals surface area contributed by atoms with Crippen LogP contribution in [0, 0.1) is 0 Å². The quantitative estimate of drug-likeness (QED) is 0.785. The van der Waals surface area contributed by atoms with E-state index in [1.165, 1.54) is 12.0 Å². The maximum Gasteiger partial charge on any atom is 0.248 e. The normalized spacial score (nSPS) is 19.7. The first-order valence-electron chi connectivity index (χ1n) is 9.84. The zero-order chi connectivity index (χ0) is 18.5. The van der Waals surface area contributed by atoms with Crippen molar-refractivity contribution >= 4 is 5.91 Å². The van der Waals surface area contributed by atoms with Crippen molar-refractivity contribution in [2.75, 3.05) is 26.4 Å². The van der Waals surface area contributed by atoms with Crippen molar-refractivity contribution < 1.29 is 14.3 Å². The number of benzene rings is 1. The number of aromatic nitrogens is 2. The SMILES string of the molecule is O=C(COC[C@@H]1CCCCO1)N1CCn2nc(Cc3ccccc3)cc2C1. The van der Waals surface area contributed by atoms with Gasteiger partial charge >= 0.3 is 0 Å². The van der Waals surface area contributed by atoms with Crippen LogP contribution in [-0.4, -0.2) is 53.1 Å². The zero-order valence-corrected chi connectivity index (χ0v) is 15.7. The van der Waals surface area contributed by atoms with Gasteiger partial charge in [-0.05, 0) is 30.9 Å². The molecular formula is C21H27N3O3. The van der Waals surface area contributed by atoms with Crippen molar-refractivity contribution in [1.82, 2.24) is 14.7 Å². The smallest absolute Gasteiger partial charge is 0.248 e. The number of ether oxygens (including phenoxy) is 2. The van der Waals surface area contributed by atoms with Gasteiger partial charge in [0, 0.05) is 19.6 Å². The lowest BCUT2D eigenvalue weighted by molar-refractivity contribution is -0.139. The molecule has 0 aliphatic carbocycles. The fourth-order valence-corrected chi connectivity index (χ4v) is 3.74. The third-order valence-electron chi connectivity index (χ3n) is 5.23. The average Bonchev–Trinajstić information content (AvgIpc) is 3.11. The highest BCUT2D eigenvalue weighted by atomic mass is 16.5. The summed E-state index contributed by atoms with van der Waals surface area (Å²) in [6.45, 7) is 3.47. The molecule has 2 aliphatic rings. The van der Waals surface area contributed by atoms with Gasteiger partial charge in [0.15, 0.2) is 0 Å². The van der Waals surface area contributed by atoms with Gasteiger partial charge in [-0.1, -0.05) is 30.3 Å². The summed E-state index contributed by atoms with van der Waals surface area (Å²) in [6.07, 6.45) is 4.31. The number of nitrogens with zero attached hydrogens (tertiary/aromatic N) is 3. The Bertz CT molecular complexity index is 753. The fourth-order valence-electron chi connectivity index (χ4n) is 3.74. The summed E-state index contributed by atoms with van der Waals surface area (Å²) in [5.74, 6) is 0.0443. The van der Waals surface area contributed by atoms with Crippen molar-refractivity contribution in [2.24, 2.45) is 0 Å². The molecule has 0 unspecified atom stereocenters. The number of fused-ring (bicyclic) bond motifs is 1. The topological polar surface area (TPSA) is 56.6 Å². The van der Waals surface area contributed by atoms with Crippen molar-refractivity contribution in [3.8, 4) is 0 Å². The van der Waals surface area contributed by atoms with Gasteiger partial charge < -0.3 is 14.4 Å². The molecule has 27 heavy (non-hydrogen) atoms. The Balaban J connectivity index is 1.28. The number of carbonyl (C=O) groups excluding carboxylic acids is 1. The molecule has 1 aromatic heterocycles. The van der Waals surface area contributed by atoms with E-state index in [0.717, 1.165) is 43.8 Å². The highest BCUT2D eigenvalue weighted by Crippen LogP contribution is 2.17. The third-order valence-corrected chi connectivity index (χ3v) is 5.23. The summed E-state index contributed by atoms with van der Waals surface area (Å²) in [5.41, 5.74) is 3.39. The average molecular weight is 369 g/mol. The number of rotatable bonds is 6. The summed E-state index contributed by atoms with van der Waals surface area (Å²) in [4.78, 5) is 14.3. The van der Waals surface area contributed by atoms with E-state index in [4.69, 9.17) is 14.6 Å². The highest BCUT2D eigenvalue weighted by Gasteiger charge is 2.23. The number of carbonyl (C=O) groups is 1. The van der Waals surface area contributed by atoms with Gasteiger partial charge in [0.05, 0.1) is 37.2 Å². The van der Waals surface area contributed by atoms with Crippen LogP contribution in [0.25, 0.3) is 0 Å². The third kappa shape index (κ3) is 4.76. The second-order valence-corrected chi connectivity index (χ2v) is 7.33. The Morgan fingerprint density at radius 2 is 2.11 bits per heavy atom. The summed E-state index contributed by atoms with van der Waals surface area (Å²) < 4.78 is 13.3. The van der Waals surface area contributed by atoms with E-state index in [2.05, 4.69) is 18.2 Å². The van der Waals surface area contributed by atoms with Crippen LogP contribution in [-0.2, 0) is 33.8 Å². The molecule has 0 saturated carbocycles. The molecule has 6 nitrogen and oxygen atoms in total. The largest absolute Gasteiger partial charge is 0.376 e. The van der Waals surface area contributed by atoms with Crippen LogP contribution in [0.5, 0.6) is 0 Å². The van der Waals surface area contributed by atoms with Crippen molar-refractivity contribution in [3.05, 3.63) is 53.3 Å². The Labute approximate surface area is 160 Å². The molecule has 6 heteroatoms. The van der Waals surface area contributed by atoms with Crippen LogP contribution in [0.4, 0.5) is 0 Å². The second kappa shape index (κ2) is 8.67. The number of hydrogen-bond donors (Lipinski definition) is 0. The molecule has 2 aliphatic heterocycles. The lowest BCUT2D eigenvalue weighted by Gasteiger charge is -2.28. The van der Waals surface area contributed by atoms with Gasteiger partial charge in [-0.3, -0.25) is 9.48 Å². The highest BCUT2D eigenvalue weighted by molar-refractivity contribution is 5.77. The van der Waals surface area contributed by atoms with E-state index in [-0.39, 0.29) is 18.6 Å². The van der Waals surface area contributed by atoms with E-state index >= 15 is 0 Å². The van der Waals surface area contributed by atoms with Crippen molar-refractivity contribution in [2.45, 2.75) is 44.9 Å². The zero-order valence-electron chi connectivity index (χ0n) is 15.7. The molecule has 1 aromatic carbocycles. The molecule has 1 saturated heterocycles. The fraction of sp³-hybridized carbons (Fsp3) is 0.524. The minimum absolute atomic E-state index is 0.0443. The Hall–Kier alpha value is -2.18. The molecule has 0 spiro atoms. The molecule has 1 atom stereocenters. The van der Waals surface area contributed by atoms with Crippen LogP contribution in [0.3, 0.4) is 0 Å².